The van der Waals surface area contributed by atoms with Crippen molar-refractivity contribution in [3.8, 4) is 0 Å². The minimum Gasteiger partial charge on any atom is -0.480 e. The maximum atomic E-state index is 11.2. The van der Waals surface area contributed by atoms with Gasteiger partial charge in [0.25, 0.3) is 0 Å². The lowest BCUT2D eigenvalue weighted by Gasteiger charge is -2.19. The molecule has 1 aliphatic carbocycles. The lowest BCUT2D eigenvalue weighted by Crippen LogP contribution is -2.45. The van der Waals surface area contributed by atoms with Crippen molar-refractivity contribution in [2.45, 2.75) is 30.5 Å². The van der Waals surface area contributed by atoms with Crippen LogP contribution in [0.5, 0.6) is 0 Å². The van der Waals surface area contributed by atoms with E-state index in [9.17, 15) is 14.3 Å². The van der Waals surface area contributed by atoms with Crippen LogP contribution in [0.4, 0.5) is 0 Å². The van der Waals surface area contributed by atoms with E-state index in [0.29, 0.717) is 6.42 Å². The minimum atomic E-state index is -3.18. The third kappa shape index (κ3) is 2.10. The second kappa shape index (κ2) is 3.08. The monoisotopic (exact) mass is 207 g/mol. The van der Waals surface area contributed by atoms with Gasteiger partial charge in [-0.25, -0.2) is 0 Å². The maximum absolute atomic E-state index is 11.2. The highest BCUT2D eigenvalue weighted by atomic mass is 31.2. The zero-order valence-electron chi connectivity index (χ0n) is 7.43. The second-order valence-corrected chi connectivity index (χ2v) is 6.42. The summed E-state index contributed by atoms with van der Waals surface area (Å²) in [5, 5.41) is 8.76. The van der Waals surface area contributed by atoms with E-state index >= 15 is 0 Å². The molecule has 0 aromatic rings. The molecule has 0 radical (unpaired) electrons. The normalized spacial score (nSPS) is 38.5. The fraction of sp³-hybridized carbons (Fsp3) is 0.857. The molecule has 0 saturated heterocycles. The molecule has 1 saturated carbocycles. The topological polar surface area (TPSA) is 101 Å². The average molecular weight is 207 g/mol. The fourth-order valence-corrected chi connectivity index (χ4v) is 2.92. The number of aliphatic carboxylic acids is 1. The lowest BCUT2D eigenvalue weighted by atomic mass is 10.0. The molecule has 1 fully saturated rings. The molecule has 5 nitrogen and oxygen atoms in total. The molecular weight excluding hydrogens is 193 g/mol. The summed E-state index contributed by atoms with van der Waals surface area (Å²) in [7, 11) is -3.18. The molecular formula is C7H14NO4P. The van der Waals surface area contributed by atoms with Gasteiger partial charge in [-0.05, 0) is 19.3 Å². The fourth-order valence-electron chi connectivity index (χ4n) is 1.65. The van der Waals surface area contributed by atoms with Gasteiger partial charge in [0.15, 0.2) is 0 Å². The first kappa shape index (κ1) is 10.7. The Kier molecular flexibility index (Phi) is 2.54. The molecule has 0 aliphatic heterocycles. The van der Waals surface area contributed by atoms with Crippen molar-refractivity contribution < 1.29 is 19.4 Å². The van der Waals surface area contributed by atoms with E-state index in [1.165, 1.54) is 6.66 Å². The molecule has 13 heavy (non-hydrogen) atoms. The SMILES string of the molecule is CP(=O)(O)C1CCC(N)(C(=O)O)C1. The van der Waals surface area contributed by atoms with Crippen LogP contribution in [0.2, 0.25) is 0 Å². The standard InChI is InChI=1S/C7H14NO4P/c1-13(11,12)5-2-3-7(8,4-5)6(9)10/h5H,2-4,8H2,1H3,(H,9,10)(H,11,12). The summed E-state index contributed by atoms with van der Waals surface area (Å²) in [5.74, 6) is -1.08. The van der Waals surface area contributed by atoms with Crippen molar-refractivity contribution in [1.29, 1.82) is 0 Å². The van der Waals surface area contributed by atoms with E-state index in [1.807, 2.05) is 0 Å². The first-order valence-electron chi connectivity index (χ1n) is 4.08. The first-order chi connectivity index (χ1) is 5.76. The predicted octanol–water partition coefficient (Wildman–Crippen LogP) is 0.221. The van der Waals surface area contributed by atoms with Gasteiger partial charge < -0.3 is 15.7 Å². The van der Waals surface area contributed by atoms with Gasteiger partial charge >= 0.3 is 5.97 Å². The molecule has 3 atom stereocenters. The van der Waals surface area contributed by atoms with Crippen LogP contribution in [0.25, 0.3) is 0 Å². The molecule has 4 N–H and O–H groups in total. The van der Waals surface area contributed by atoms with Crippen LogP contribution in [0.1, 0.15) is 19.3 Å². The van der Waals surface area contributed by atoms with Crippen LogP contribution in [-0.2, 0) is 9.36 Å². The molecule has 0 spiro atoms. The van der Waals surface area contributed by atoms with E-state index in [2.05, 4.69) is 0 Å². The Labute approximate surface area is 76.4 Å². The van der Waals surface area contributed by atoms with E-state index in [-0.39, 0.29) is 12.8 Å². The number of nitrogens with two attached hydrogens (primary N) is 1. The summed E-state index contributed by atoms with van der Waals surface area (Å²) in [6.07, 6.45) is 0.811. The van der Waals surface area contributed by atoms with Crippen LogP contribution in [-0.4, -0.2) is 33.8 Å². The minimum absolute atomic E-state index is 0.104. The number of hydrogen-bond acceptors (Lipinski definition) is 3. The zero-order valence-corrected chi connectivity index (χ0v) is 8.33. The van der Waals surface area contributed by atoms with Gasteiger partial charge in [0.2, 0.25) is 7.37 Å². The molecule has 0 aromatic heterocycles. The van der Waals surface area contributed by atoms with Crippen molar-refractivity contribution in [3.63, 3.8) is 0 Å². The second-order valence-electron chi connectivity index (χ2n) is 3.80. The molecule has 1 rings (SSSR count). The molecule has 0 bridgehead atoms. The Morgan fingerprint density at radius 3 is 2.46 bits per heavy atom. The molecule has 6 heteroatoms. The van der Waals surface area contributed by atoms with Crippen LogP contribution in [0, 0.1) is 0 Å². The number of carboxylic acids is 1. The summed E-state index contributed by atoms with van der Waals surface area (Å²) in [4.78, 5) is 19.9. The molecule has 1 aliphatic rings. The Balaban J connectivity index is 2.75. The largest absolute Gasteiger partial charge is 0.480 e. The Bertz CT molecular complexity index is 274. The van der Waals surface area contributed by atoms with Crippen LogP contribution >= 0.6 is 7.37 Å². The van der Waals surface area contributed by atoms with Gasteiger partial charge in [0.05, 0.1) is 0 Å². The summed E-state index contributed by atoms with van der Waals surface area (Å²) in [5.41, 5.74) is 3.81. The van der Waals surface area contributed by atoms with Crippen LogP contribution in [0.15, 0.2) is 0 Å². The predicted molar refractivity (Wildman–Crippen MR) is 47.9 cm³/mol. The third-order valence-corrected chi connectivity index (χ3v) is 4.42. The van der Waals surface area contributed by atoms with E-state index in [4.69, 9.17) is 10.8 Å². The van der Waals surface area contributed by atoms with Gasteiger partial charge in [-0.15, -0.1) is 0 Å². The number of rotatable bonds is 2. The van der Waals surface area contributed by atoms with E-state index < -0.39 is 24.5 Å². The van der Waals surface area contributed by atoms with Crippen molar-refractivity contribution >= 4 is 13.3 Å². The Hall–Kier alpha value is -0.380. The lowest BCUT2D eigenvalue weighted by molar-refractivity contribution is -0.143. The van der Waals surface area contributed by atoms with Crippen LogP contribution in [0.3, 0.4) is 0 Å². The summed E-state index contributed by atoms with van der Waals surface area (Å²) < 4.78 is 11.2. The van der Waals surface area contributed by atoms with E-state index in [1.54, 1.807) is 0 Å². The first-order valence-corrected chi connectivity index (χ1v) is 6.25. The number of carbonyl (C=O) groups is 1. The van der Waals surface area contributed by atoms with Gasteiger partial charge in [0, 0.05) is 12.3 Å². The highest BCUT2D eigenvalue weighted by Crippen LogP contribution is 2.51. The van der Waals surface area contributed by atoms with Crippen molar-refractivity contribution in [3.05, 3.63) is 0 Å². The zero-order chi connectivity index (χ0) is 10.3. The van der Waals surface area contributed by atoms with E-state index in [0.717, 1.165) is 0 Å². The molecule has 3 unspecified atom stereocenters. The smallest absolute Gasteiger partial charge is 0.323 e. The quantitative estimate of drug-likeness (QED) is 0.562. The van der Waals surface area contributed by atoms with Crippen molar-refractivity contribution in [1.82, 2.24) is 0 Å². The van der Waals surface area contributed by atoms with Crippen molar-refractivity contribution in [2.24, 2.45) is 5.73 Å². The maximum Gasteiger partial charge on any atom is 0.323 e. The molecule has 0 heterocycles. The average Bonchev–Trinajstić information content (AvgIpc) is 2.31. The molecule has 76 valence electrons. The van der Waals surface area contributed by atoms with Crippen molar-refractivity contribution in [2.75, 3.05) is 6.66 Å². The van der Waals surface area contributed by atoms with Gasteiger partial charge in [-0.2, -0.15) is 0 Å². The van der Waals surface area contributed by atoms with Gasteiger partial charge in [-0.3, -0.25) is 9.36 Å². The highest BCUT2D eigenvalue weighted by molar-refractivity contribution is 7.57. The molecule has 0 aromatic carbocycles. The van der Waals surface area contributed by atoms with Gasteiger partial charge in [0.1, 0.15) is 5.54 Å². The Morgan fingerprint density at radius 1 is 1.69 bits per heavy atom. The Morgan fingerprint density at radius 2 is 2.23 bits per heavy atom. The van der Waals surface area contributed by atoms with Gasteiger partial charge in [-0.1, -0.05) is 0 Å². The third-order valence-electron chi connectivity index (χ3n) is 2.63. The summed E-state index contributed by atoms with van der Waals surface area (Å²) >= 11 is 0. The van der Waals surface area contributed by atoms with Crippen LogP contribution < -0.4 is 5.73 Å². The number of hydrogen-bond donors (Lipinski definition) is 3. The molecule has 0 amide bonds. The summed E-state index contributed by atoms with van der Waals surface area (Å²) in [6, 6.07) is 0. The summed E-state index contributed by atoms with van der Waals surface area (Å²) in [6.45, 7) is 1.26. The highest BCUT2D eigenvalue weighted by Gasteiger charge is 2.46. The number of carboxylic acid groups (broad SMARTS) is 1.